The van der Waals surface area contributed by atoms with Crippen molar-refractivity contribution in [3.05, 3.63) is 57.6 Å². The molecule has 0 saturated heterocycles. The Balaban J connectivity index is 1.83. The highest BCUT2D eigenvalue weighted by molar-refractivity contribution is 7.98. The summed E-state index contributed by atoms with van der Waals surface area (Å²) in [4.78, 5) is 12.1. The van der Waals surface area contributed by atoms with Gasteiger partial charge in [-0.3, -0.25) is 4.79 Å². The van der Waals surface area contributed by atoms with Gasteiger partial charge in [0.15, 0.2) is 11.5 Å². The van der Waals surface area contributed by atoms with Crippen molar-refractivity contribution in [2.24, 2.45) is 0 Å². The average molecular weight is 456 g/mol. The first-order valence-electron chi connectivity index (χ1n) is 8.76. The molecule has 2 rings (SSSR count). The lowest BCUT2D eigenvalue weighted by Crippen LogP contribution is -2.23. The van der Waals surface area contributed by atoms with Crippen LogP contribution in [0.3, 0.4) is 0 Å². The molecule has 5 nitrogen and oxygen atoms in total. The fraction of sp³-hybridized carbons (Fsp3) is 0.286. The van der Waals surface area contributed by atoms with Crippen LogP contribution in [0.2, 0.25) is 10.0 Å². The summed E-state index contributed by atoms with van der Waals surface area (Å²) >= 11 is 13.6. The molecule has 0 spiro atoms. The Labute approximate surface area is 185 Å². The molecule has 2 aromatic rings. The van der Waals surface area contributed by atoms with Crippen LogP contribution in [0.15, 0.2) is 36.4 Å². The van der Waals surface area contributed by atoms with Crippen LogP contribution in [0.5, 0.6) is 17.2 Å². The minimum atomic E-state index is -0.183. The predicted octanol–water partition coefficient (Wildman–Crippen LogP) is 5.08. The smallest absolute Gasteiger partial charge is 0.244 e. The van der Waals surface area contributed by atoms with Crippen LogP contribution in [0.1, 0.15) is 11.1 Å². The van der Waals surface area contributed by atoms with Crippen LogP contribution in [-0.4, -0.2) is 39.5 Å². The van der Waals surface area contributed by atoms with E-state index in [1.807, 2.05) is 12.1 Å². The minimum Gasteiger partial charge on any atom is -0.493 e. The molecule has 0 fully saturated rings. The maximum Gasteiger partial charge on any atom is 0.244 e. The Morgan fingerprint density at radius 3 is 2.45 bits per heavy atom. The number of amides is 1. The third-order valence-corrected chi connectivity index (χ3v) is 5.72. The van der Waals surface area contributed by atoms with Crippen LogP contribution in [0.4, 0.5) is 0 Å². The number of hydrogen-bond acceptors (Lipinski definition) is 5. The van der Waals surface area contributed by atoms with E-state index in [1.165, 1.54) is 13.2 Å². The first kappa shape index (κ1) is 23.3. The van der Waals surface area contributed by atoms with E-state index >= 15 is 0 Å². The molecule has 0 bridgehead atoms. The number of carbonyl (C=O) groups is 1. The second kappa shape index (κ2) is 11.9. The van der Waals surface area contributed by atoms with Gasteiger partial charge in [-0.05, 0) is 35.9 Å². The van der Waals surface area contributed by atoms with Crippen molar-refractivity contribution in [2.75, 3.05) is 33.6 Å². The van der Waals surface area contributed by atoms with E-state index in [4.69, 9.17) is 37.4 Å². The van der Waals surface area contributed by atoms with Gasteiger partial charge in [-0.2, -0.15) is 11.8 Å². The van der Waals surface area contributed by atoms with Gasteiger partial charge in [-0.25, -0.2) is 0 Å². The molecule has 0 aromatic heterocycles. The van der Waals surface area contributed by atoms with Crippen LogP contribution >= 0.6 is 35.0 Å². The third-order valence-electron chi connectivity index (χ3n) is 3.95. The van der Waals surface area contributed by atoms with Gasteiger partial charge >= 0.3 is 0 Å². The van der Waals surface area contributed by atoms with E-state index in [9.17, 15) is 4.79 Å². The highest BCUT2D eigenvalue weighted by atomic mass is 35.5. The molecule has 0 aliphatic carbocycles. The monoisotopic (exact) mass is 455 g/mol. The van der Waals surface area contributed by atoms with Gasteiger partial charge in [0, 0.05) is 29.7 Å². The van der Waals surface area contributed by atoms with Crippen molar-refractivity contribution in [1.29, 1.82) is 0 Å². The molecule has 0 aliphatic rings. The second-order valence-corrected chi connectivity index (χ2v) is 7.77. The summed E-state index contributed by atoms with van der Waals surface area (Å²) in [7, 11) is 4.63. The highest BCUT2D eigenvalue weighted by Crippen LogP contribution is 2.40. The number of hydrogen-bond donors (Lipinski definition) is 1. The molecule has 0 saturated carbocycles. The standard InChI is InChI=1S/C21H23Cl2NO4S/c1-26-18-8-5-15(20(27-2)21(18)28-3)6-9-19(25)24-10-11-29-13-14-4-7-16(22)17(23)12-14/h4-9,12H,10-11,13H2,1-3H3,(H,24,25)/b9-6+. The number of halogens is 2. The zero-order valence-corrected chi connectivity index (χ0v) is 18.8. The van der Waals surface area contributed by atoms with Gasteiger partial charge in [0.1, 0.15) is 0 Å². The molecule has 1 N–H and O–H groups in total. The molecule has 0 radical (unpaired) electrons. The molecule has 156 valence electrons. The van der Waals surface area contributed by atoms with Gasteiger partial charge in [0.05, 0.1) is 31.4 Å². The number of thioether (sulfide) groups is 1. The Bertz CT molecular complexity index is 874. The number of methoxy groups -OCH3 is 3. The SMILES string of the molecule is COc1ccc(/C=C/C(=O)NCCSCc2ccc(Cl)c(Cl)c2)c(OC)c1OC. The fourth-order valence-corrected chi connectivity index (χ4v) is 3.67. The number of rotatable bonds is 10. The molecule has 0 heterocycles. The van der Waals surface area contributed by atoms with Crippen LogP contribution in [0.25, 0.3) is 6.08 Å². The Morgan fingerprint density at radius 1 is 1.03 bits per heavy atom. The van der Waals surface area contributed by atoms with Crippen LogP contribution in [0, 0.1) is 0 Å². The molecule has 0 atom stereocenters. The molecule has 8 heteroatoms. The fourth-order valence-electron chi connectivity index (χ4n) is 2.55. The Morgan fingerprint density at radius 2 is 1.79 bits per heavy atom. The zero-order chi connectivity index (χ0) is 21.2. The Kier molecular flexibility index (Phi) is 9.51. The van der Waals surface area contributed by atoms with E-state index in [1.54, 1.807) is 50.3 Å². The molecule has 29 heavy (non-hydrogen) atoms. The van der Waals surface area contributed by atoms with Gasteiger partial charge in [0.2, 0.25) is 11.7 Å². The van der Waals surface area contributed by atoms with E-state index < -0.39 is 0 Å². The minimum absolute atomic E-state index is 0.183. The first-order chi connectivity index (χ1) is 14.0. The first-order valence-corrected chi connectivity index (χ1v) is 10.7. The lowest BCUT2D eigenvalue weighted by Gasteiger charge is -2.13. The summed E-state index contributed by atoms with van der Waals surface area (Å²) in [6, 6.07) is 9.15. The molecule has 1 amide bonds. The van der Waals surface area contributed by atoms with Gasteiger partial charge < -0.3 is 19.5 Å². The summed E-state index contributed by atoms with van der Waals surface area (Å²) in [5, 5.41) is 3.95. The Hall–Kier alpha value is -2.02. The van der Waals surface area contributed by atoms with Crippen molar-refractivity contribution in [3.8, 4) is 17.2 Å². The quantitative estimate of drug-likeness (QED) is 0.399. The van der Waals surface area contributed by atoms with E-state index in [-0.39, 0.29) is 5.91 Å². The second-order valence-electron chi connectivity index (χ2n) is 5.85. The number of benzene rings is 2. The lowest BCUT2D eigenvalue weighted by atomic mass is 10.1. The topological polar surface area (TPSA) is 56.8 Å². The number of nitrogens with one attached hydrogen (secondary N) is 1. The number of carbonyl (C=O) groups excluding carboxylic acids is 1. The highest BCUT2D eigenvalue weighted by Gasteiger charge is 2.14. The van der Waals surface area contributed by atoms with Crippen molar-refractivity contribution < 1.29 is 19.0 Å². The summed E-state index contributed by atoms with van der Waals surface area (Å²) in [6.07, 6.45) is 3.15. The van der Waals surface area contributed by atoms with Gasteiger partial charge in [-0.15, -0.1) is 0 Å². The van der Waals surface area contributed by atoms with Gasteiger partial charge in [-0.1, -0.05) is 29.3 Å². The van der Waals surface area contributed by atoms with Crippen molar-refractivity contribution in [2.45, 2.75) is 5.75 Å². The summed E-state index contributed by atoms with van der Waals surface area (Å²) in [6.45, 7) is 0.554. The number of ether oxygens (including phenoxy) is 3. The normalized spacial score (nSPS) is 10.8. The maximum absolute atomic E-state index is 12.1. The zero-order valence-electron chi connectivity index (χ0n) is 16.5. The van der Waals surface area contributed by atoms with Crippen LogP contribution < -0.4 is 19.5 Å². The molecular weight excluding hydrogens is 433 g/mol. The lowest BCUT2D eigenvalue weighted by molar-refractivity contribution is -0.116. The summed E-state index contributed by atoms with van der Waals surface area (Å²) in [5.41, 5.74) is 1.81. The van der Waals surface area contributed by atoms with Gasteiger partial charge in [0.25, 0.3) is 0 Å². The van der Waals surface area contributed by atoms with Crippen molar-refractivity contribution in [3.63, 3.8) is 0 Å². The van der Waals surface area contributed by atoms with Crippen molar-refractivity contribution >= 4 is 46.9 Å². The predicted molar refractivity (Wildman–Crippen MR) is 121 cm³/mol. The molecular formula is C21H23Cl2NO4S. The van der Waals surface area contributed by atoms with E-state index in [0.717, 1.165) is 17.1 Å². The summed E-state index contributed by atoms with van der Waals surface area (Å²) in [5.74, 6) is 2.94. The van der Waals surface area contributed by atoms with E-state index in [0.29, 0.717) is 39.4 Å². The van der Waals surface area contributed by atoms with Crippen LogP contribution in [-0.2, 0) is 10.5 Å². The summed E-state index contributed by atoms with van der Waals surface area (Å²) < 4.78 is 16.0. The van der Waals surface area contributed by atoms with E-state index in [2.05, 4.69) is 5.32 Å². The van der Waals surface area contributed by atoms with Crippen molar-refractivity contribution in [1.82, 2.24) is 5.32 Å². The molecule has 0 aliphatic heterocycles. The maximum atomic E-state index is 12.1. The largest absolute Gasteiger partial charge is 0.493 e. The third kappa shape index (κ3) is 6.77. The molecule has 2 aromatic carbocycles. The average Bonchev–Trinajstić information content (AvgIpc) is 2.73. The molecule has 0 unspecified atom stereocenters.